The maximum atomic E-state index is 5.53. The molecule has 18 heavy (non-hydrogen) atoms. The highest BCUT2D eigenvalue weighted by Crippen LogP contribution is 2.10. The van der Waals surface area contributed by atoms with E-state index in [1.807, 2.05) is 6.61 Å². The molecule has 0 saturated carbocycles. The molecular weight excluding hydrogens is 220 g/mol. The van der Waals surface area contributed by atoms with E-state index in [0.717, 1.165) is 13.0 Å². The summed E-state index contributed by atoms with van der Waals surface area (Å²) < 4.78 is 5.53. The fourth-order valence-corrected chi connectivity index (χ4v) is 2.14. The van der Waals surface area contributed by atoms with Crippen molar-refractivity contribution in [3.05, 3.63) is 6.61 Å². The average Bonchev–Trinajstić information content (AvgIpc) is 2.39. The number of rotatable bonds is 15. The molecule has 0 saturated heterocycles. The Balaban J connectivity index is 2.86. The molecule has 0 N–H and O–H groups in total. The van der Waals surface area contributed by atoms with E-state index in [4.69, 9.17) is 4.74 Å². The van der Waals surface area contributed by atoms with Crippen LogP contribution in [0.5, 0.6) is 0 Å². The highest BCUT2D eigenvalue weighted by atomic mass is 16.5. The second-order valence-corrected chi connectivity index (χ2v) is 5.36. The molecular formula is C17H35O. The van der Waals surface area contributed by atoms with E-state index in [0.29, 0.717) is 0 Å². The lowest BCUT2D eigenvalue weighted by Crippen LogP contribution is -1.92. The first-order chi connectivity index (χ1) is 8.91. The maximum Gasteiger partial charge on any atom is 0.0836 e. The third kappa shape index (κ3) is 16.0. The van der Waals surface area contributed by atoms with E-state index in [2.05, 4.69) is 13.8 Å². The predicted molar refractivity (Wildman–Crippen MR) is 81.6 cm³/mol. The summed E-state index contributed by atoms with van der Waals surface area (Å²) in [6.45, 7) is 7.49. The maximum absolute atomic E-state index is 5.53. The molecule has 0 amide bonds. The second kappa shape index (κ2) is 17.0. The predicted octanol–water partition coefficient (Wildman–Crippen LogP) is 6.28. The highest BCUT2D eigenvalue weighted by molar-refractivity contribution is 4.53. The molecule has 0 unspecified atom stereocenters. The van der Waals surface area contributed by atoms with E-state index < -0.39 is 0 Å². The first kappa shape index (κ1) is 18.0. The van der Waals surface area contributed by atoms with Gasteiger partial charge in [0, 0.05) is 6.61 Å². The fraction of sp³-hybridized carbons (Fsp3) is 0.941. The highest BCUT2D eigenvalue weighted by Gasteiger charge is 1.93. The van der Waals surface area contributed by atoms with Gasteiger partial charge >= 0.3 is 0 Å². The molecule has 0 atom stereocenters. The quantitative estimate of drug-likeness (QED) is 0.313. The first-order valence-electron chi connectivity index (χ1n) is 8.35. The number of hydrogen-bond donors (Lipinski definition) is 0. The smallest absolute Gasteiger partial charge is 0.0836 e. The van der Waals surface area contributed by atoms with Gasteiger partial charge in [-0.15, -0.1) is 0 Å². The molecule has 0 aromatic heterocycles. The van der Waals surface area contributed by atoms with Crippen LogP contribution in [0.15, 0.2) is 0 Å². The van der Waals surface area contributed by atoms with Crippen molar-refractivity contribution in [1.82, 2.24) is 0 Å². The van der Waals surface area contributed by atoms with Crippen molar-refractivity contribution in [3.63, 3.8) is 0 Å². The minimum atomic E-state index is 0.931. The van der Waals surface area contributed by atoms with Crippen LogP contribution in [-0.4, -0.2) is 6.61 Å². The van der Waals surface area contributed by atoms with Gasteiger partial charge in [0.15, 0.2) is 0 Å². The van der Waals surface area contributed by atoms with Crippen LogP contribution < -0.4 is 0 Å². The van der Waals surface area contributed by atoms with Crippen molar-refractivity contribution >= 4 is 0 Å². The van der Waals surface area contributed by atoms with Crippen molar-refractivity contribution in [2.75, 3.05) is 6.61 Å². The Bertz CT molecular complexity index is 118. The van der Waals surface area contributed by atoms with Gasteiger partial charge in [0.1, 0.15) is 0 Å². The molecule has 0 aromatic carbocycles. The van der Waals surface area contributed by atoms with Gasteiger partial charge in [-0.2, -0.15) is 0 Å². The molecule has 0 aliphatic carbocycles. The Morgan fingerprint density at radius 3 is 1.72 bits per heavy atom. The van der Waals surface area contributed by atoms with Crippen molar-refractivity contribution in [1.29, 1.82) is 0 Å². The zero-order valence-corrected chi connectivity index (χ0v) is 12.9. The van der Waals surface area contributed by atoms with Crippen LogP contribution >= 0.6 is 0 Å². The van der Waals surface area contributed by atoms with Crippen molar-refractivity contribution in [2.45, 2.75) is 97.3 Å². The standard InChI is InChI=1S/C17H35O/c1-3-5-7-9-10-11-13-15-17-18-16-14-12-8-6-4-2/h17H,3-16H2,1-2H3. The molecule has 0 aromatic rings. The van der Waals surface area contributed by atoms with Crippen molar-refractivity contribution in [3.8, 4) is 0 Å². The van der Waals surface area contributed by atoms with Crippen LogP contribution in [0.1, 0.15) is 97.3 Å². The number of hydrogen-bond acceptors (Lipinski definition) is 1. The molecule has 0 aliphatic rings. The van der Waals surface area contributed by atoms with Crippen LogP contribution in [0, 0.1) is 6.61 Å². The molecule has 0 aliphatic heterocycles. The minimum Gasteiger partial charge on any atom is -0.376 e. The van der Waals surface area contributed by atoms with Crippen LogP contribution in [0.25, 0.3) is 0 Å². The number of unbranched alkanes of at least 4 members (excludes halogenated alkanes) is 11. The molecule has 0 heterocycles. The third-order valence-electron chi connectivity index (χ3n) is 3.41. The zero-order valence-electron chi connectivity index (χ0n) is 12.9. The molecule has 0 spiro atoms. The molecule has 0 rings (SSSR count). The van der Waals surface area contributed by atoms with Crippen LogP contribution in [0.3, 0.4) is 0 Å². The topological polar surface area (TPSA) is 9.23 Å². The molecule has 1 nitrogen and oxygen atoms in total. The SMILES string of the molecule is CCCCCCCCC[CH]OCCCCCCC. The van der Waals surface area contributed by atoms with E-state index in [9.17, 15) is 0 Å². The summed E-state index contributed by atoms with van der Waals surface area (Å²) in [6, 6.07) is 0. The van der Waals surface area contributed by atoms with Gasteiger partial charge < -0.3 is 4.74 Å². The number of ether oxygens (including phenoxy) is 1. The Morgan fingerprint density at radius 1 is 0.611 bits per heavy atom. The normalized spacial score (nSPS) is 11.0. The lowest BCUT2D eigenvalue weighted by Gasteiger charge is -2.04. The molecule has 109 valence electrons. The Hall–Kier alpha value is -0.0400. The summed E-state index contributed by atoms with van der Waals surface area (Å²) in [4.78, 5) is 0. The lowest BCUT2D eigenvalue weighted by molar-refractivity contribution is 0.183. The van der Waals surface area contributed by atoms with Crippen LogP contribution in [0.4, 0.5) is 0 Å². The Labute approximate surface area is 116 Å². The van der Waals surface area contributed by atoms with Gasteiger partial charge in [-0.05, 0) is 12.8 Å². The first-order valence-corrected chi connectivity index (χ1v) is 8.35. The van der Waals surface area contributed by atoms with Gasteiger partial charge in [0.2, 0.25) is 0 Å². The Kier molecular flexibility index (Phi) is 16.9. The molecule has 0 fully saturated rings. The summed E-state index contributed by atoms with van der Waals surface area (Å²) >= 11 is 0. The largest absolute Gasteiger partial charge is 0.376 e. The fourth-order valence-electron chi connectivity index (χ4n) is 2.14. The summed E-state index contributed by atoms with van der Waals surface area (Å²) in [5.41, 5.74) is 0. The van der Waals surface area contributed by atoms with Crippen molar-refractivity contribution < 1.29 is 4.74 Å². The van der Waals surface area contributed by atoms with Crippen LogP contribution in [0.2, 0.25) is 0 Å². The van der Waals surface area contributed by atoms with E-state index in [1.54, 1.807) is 0 Å². The molecule has 1 radical (unpaired) electrons. The average molecular weight is 255 g/mol. The van der Waals surface area contributed by atoms with Gasteiger partial charge in [-0.25, -0.2) is 0 Å². The van der Waals surface area contributed by atoms with Crippen molar-refractivity contribution in [2.24, 2.45) is 0 Å². The Morgan fingerprint density at radius 2 is 1.11 bits per heavy atom. The molecule has 1 heteroatoms. The van der Waals surface area contributed by atoms with Gasteiger partial charge in [0.05, 0.1) is 6.61 Å². The zero-order chi connectivity index (χ0) is 13.3. The van der Waals surface area contributed by atoms with Gasteiger partial charge in [-0.1, -0.05) is 84.5 Å². The van der Waals surface area contributed by atoms with Crippen LogP contribution in [-0.2, 0) is 4.74 Å². The monoisotopic (exact) mass is 255 g/mol. The van der Waals surface area contributed by atoms with E-state index in [-0.39, 0.29) is 0 Å². The third-order valence-corrected chi connectivity index (χ3v) is 3.41. The van der Waals surface area contributed by atoms with Gasteiger partial charge in [-0.3, -0.25) is 0 Å². The second-order valence-electron chi connectivity index (χ2n) is 5.36. The minimum absolute atomic E-state index is 0.931. The summed E-state index contributed by atoms with van der Waals surface area (Å²) in [7, 11) is 0. The van der Waals surface area contributed by atoms with Gasteiger partial charge in [0.25, 0.3) is 0 Å². The van der Waals surface area contributed by atoms with E-state index in [1.165, 1.54) is 77.0 Å². The lowest BCUT2D eigenvalue weighted by atomic mass is 10.1. The summed E-state index contributed by atoms with van der Waals surface area (Å²) in [5.74, 6) is 0. The molecule has 0 bridgehead atoms. The van der Waals surface area contributed by atoms with E-state index >= 15 is 0 Å². The summed E-state index contributed by atoms with van der Waals surface area (Å²) in [6.07, 6.45) is 17.5. The summed E-state index contributed by atoms with van der Waals surface area (Å²) in [5, 5.41) is 0.